The van der Waals surface area contributed by atoms with E-state index >= 15 is 0 Å². The molecule has 192 valence electrons. The number of amides is 3. The first-order chi connectivity index (χ1) is 16.2. The molecular weight excluding hydrogens is 454 g/mol. The number of thiazole rings is 1. The summed E-state index contributed by atoms with van der Waals surface area (Å²) in [5.41, 5.74) is 13.0. The van der Waals surface area contributed by atoms with E-state index in [1.165, 1.54) is 30.7 Å². The van der Waals surface area contributed by atoms with Crippen LogP contribution in [0.2, 0.25) is 0 Å². The molecule has 0 radical (unpaired) electrons. The van der Waals surface area contributed by atoms with Gasteiger partial charge >= 0.3 is 0 Å². The number of aromatic nitrogens is 1. The molecule has 1 heterocycles. The fourth-order valence-electron chi connectivity index (χ4n) is 1.89. The maximum Gasteiger partial charge on any atom is 0.223 e. The molecule has 0 bridgehead atoms. The zero-order valence-corrected chi connectivity index (χ0v) is 21.9. The lowest BCUT2D eigenvalue weighted by atomic mass is 10.1. The third-order valence-corrected chi connectivity index (χ3v) is 4.03. The van der Waals surface area contributed by atoms with Gasteiger partial charge in [-0.05, 0) is 37.0 Å². The maximum absolute atomic E-state index is 10.9. The van der Waals surface area contributed by atoms with Crippen molar-refractivity contribution in [3.8, 4) is 0 Å². The molecule has 0 unspecified atom stereocenters. The van der Waals surface area contributed by atoms with Gasteiger partial charge in [-0.3, -0.25) is 19.8 Å². The van der Waals surface area contributed by atoms with E-state index in [1.54, 1.807) is 7.05 Å². The SMILES string of the molecule is CC.CC(=O)Nc1nc(CCc2ccc(N)cc2)cs1.CCCNC(C)=O.CNC=O.N=CN. The van der Waals surface area contributed by atoms with E-state index in [0.717, 1.165) is 43.5 Å². The number of nitrogens with two attached hydrogens (primary N) is 2. The molecule has 0 saturated heterocycles. The third-order valence-electron chi connectivity index (χ3n) is 3.23. The van der Waals surface area contributed by atoms with Gasteiger partial charge in [-0.1, -0.05) is 32.9 Å². The minimum atomic E-state index is -0.0885. The van der Waals surface area contributed by atoms with Crippen LogP contribution >= 0.6 is 11.3 Å². The van der Waals surface area contributed by atoms with Crippen molar-refractivity contribution in [2.75, 3.05) is 24.6 Å². The van der Waals surface area contributed by atoms with Crippen LogP contribution in [0.25, 0.3) is 0 Å². The number of carbonyl (C=O) groups is 3. The molecule has 0 spiro atoms. The van der Waals surface area contributed by atoms with Gasteiger partial charge in [0.1, 0.15) is 0 Å². The van der Waals surface area contributed by atoms with Gasteiger partial charge < -0.3 is 27.4 Å². The highest BCUT2D eigenvalue weighted by atomic mass is 32.1. The molecule has 0 fully saturated rings. The molecule has 0 aliphatic carbocycles. The number of nitrogens with zero attached hydrogens (tertiary/aromatic N) is 1. The van der Waals surface area contributed by atoms with Crippen LogP contribution in [-0.2, 0) is 27.2 Å². The number of carbonyl (C=O) groups excluding carboxylic acids is 3. The number of benzene rings is 1. The van der Waals surface area contributed by atoms with Gasteiger partial charge in [-0.2, -0.15) is 0 Å². The molecule has 34 heavy (non-hydrogen) atoms. The fraction of sp³-hybridized carbons (Fsp3) is 0.435. The summed E-state index contributed by atoms with van der Waals surface area (Å²) >= 11 is 1.45. The van der Waals surface area contributed by atoms with Crippen LogP contribution in [0, 0.1) is 5.41 Å². The van der Waals surface area contributed by atoms with Crippen molar-refractivity contribution >= 4 is 46.7 Å². The average molecular weight is 496 g/mol. The van der Waals surface area contributed by atoms with Crippen LogP contribution in [0.1, 0.15) is 52.3 Å². The van der Waals surface area contributed by atoms with Gasteiger partial charge in [0.2, 0.25) is 18.2 Å². The molecule has 1 aromatic carbocycles. The Hall–Kier alpha value is -3.47. The quantitative estimate of drug-likeness (QED) is 0.149. The Balaban J connectivity index is -0.000000498. The maximum atomic E-state index is 10.9. The Bertz CT molecular complexity index is 781. The van der Waals surface area contributed by atoms with E-state index in [9.17, 15) is 9.59 Å². The number of nitrogen functional groups attached to an aromatic ring is 1. The number of nitrogens with one attached hydrogen (secondary N) is 4. The first-order valence-electron chi connectivity index (χ1n) is 10.9. The molecule has 10 nitrogen and oxygen atoms in total. The standard InChI is InChI=1S/C13H15N3OS.C5H11NO.C2H5NO.C2H6.CH4N2/c1-9(17)15-13-16-12(8-18-13)7-4-10-2-5-11(14)6-3-10;1-3-4-6-5(2)7;1-3-2-4;1-2;2-1-3/h2-3,5-6,8H,4,7,14H2,1H3,(H,15,16,17);3-4H2,1-2H3,(H,6,7);2H,1H3,(H,3,4);1-2H3;1H,(H3,2,3). The summed E-state index contributed by atoms with van der Waals surface area (Å²) in [5, 5.41) is 16.1. The summed E-state index contributed by atoms with van der Waals surface area (Å²) in [6, 6.07) is 7.85. The second-order valence-corrected chi connectivity index (χ2v) is 6.98. The van der Waals surface area contributed by atoms with E-state index in [0.29, 0.717) is 11.5 Å². The fourth-order valence-corrected chi connectivity index (χ4v) is 2.68. The van der Waals surface area contributed by atoms with Gasteiger partial charge in [0.25, 0.3) is 0 Å². The number of hydrogen-bond acceptors (Lipinski definition) is 7. The van der Waals surface area contributed by atoms with Gasteiger partial charge in [0, 0.05) is 38.5 Å². The predicted molar refractivity (Wildman–Crippen MR) is 143 cm³/mol. The van der Waals surface area contributed by atoms with Crippen molar-refractivity contribution in [2.45, 2.75) is 53.9 Å². The monoisotopic (exact) mass is 495 g/mol. The van der Waals surface area contributed by atoms with Crippen molar-refractivity contribution in [1.82, 2.24) is 15.6 Å². The van der Waals surface area contributed by atoms with Crippen molar-refractivity contribution in [2.24, 2.45) is 5.73 Å². The molecule has 0 saturated carbocycles. The van der Waals surface area contributed by atoms with Crippen molar-refractivity contribution in [3.05, 3.63) is 40.9 Å². The lowest BCUT2D eigenvalue weighted by Gasteiger charge is -2.00. The van der Waals surface area contributed by atoms with E-state index in [-0.39, 0.29) is 11.8 Å². The van der Waals surface area contributed by atoms with Crippen molar-refractivity contribution in [3.63, 3.8) is 0 Å². The largest absolute Gasteiger partial charge is 0.399 e. The topological polar surface area (TPSA) is 176 Å². The van der Waals surface area contributed by atoms with Crippen LogP contribution in [0.3, 0.4) is 0 Å². The van der Waals surface area contributed by atoms with E-state index in [2.05, 4.69) is 26.7 Å². The molecule has 2 rings (SSSR count). The Labute approximate surface area is 207 Å². The second kappa shape index (κ2) is 25.8. The average Bonchev–Trinajstić information content (AvgIpc) is 3.26. The van der Waals surface area contributed by atoms with Crippen LogP contribution in [0.15, 0.2) is 29.6 Å². The Kier molecular flexibility index (Phi) is 26.6. The highest BCUT2D eigenvalue weighted by molar-refractivity contribution is 7.13. The highest BCUT2D eigenvalue weighted by Gasteiger charge is 2.03. The summed E-state index contributed by atoms with van der Waals surface area (Å²) < 4.78 is 0. The summed E-state index contributed by atoms with van der Waals surface area (Å²) in [6.07, 6.45) is 4.17. The van der Waals surface area contributed by atoms with Crippen LogP contribution in [0.5, 0.6) is 0 Å². The number of anilines is 2. The minimum absolute atomic E-state index is 0.0573. The van der Waals surface area contributed by atoms with E-state index < -0.39 is 0 Å². The number of aryl methyl sites for hydroxylation is 2. The van der Waals surface area contributed by atoms with Crippen molar-refractivity contribution < 1.29 is 14.4 Å². The molecule has 0 aliphatic rings. The Morgan fingerprint density at radius 2 is 1.65 bits per heavy atom. The molecule has 0 aliphatic heterocycles. The smallest absolute Gasteiger partial charge is 0.223 e. The Morgan fingerprint density at radius 3 is 2.03 bits per heavy atom. The van der Waals surface area contributed by atoms with Gasteiger partial charge in [0.15, 0.2) is 5.13 Å². The number of rotatable bonds is 7. The van der Waals surface area contributed by atoms with Crippen LogP contribution < -0.4 is 27.4 Å². The minimum Gasteiger partial charge on any atom is -0.399 e. The summed E-state index contributed by atoms with van der Waals surface area (Å²) in [5.74, 6) is -0.0312. The van der Waals surface area contributed by atoms with E-state index in [4.69, 9.17) is 15.9 Å². The normalized spacial score (nSPS) is 8.29. The van der Waals surface area contributed by atoms with Crippen LogP contribution in [-0.4, -0.2) is 43.1 Å². The van der Waals surface area contributed by atoms with E-state index in [1.807, 2.05) is 50.4 Å². The molecule has 11 heteroatoms. The second-order valence-electron chi connectivity index (χ2n) is 6.12. The zero-order chi connectivity index (χ0) is 26.8. The summed E-state index contributed by atoms with van der Waals surface area (Å²) in [4.78, 5) is 34.4. The summed E-state index contributed by atoms with van der Waals surface area (Å²) in [6.45, 7) is 9.83. The molecule has 8 N–H and O–H groups in total. The molecule has 0 atom stereocenters. The van der Waals surface area contributed by atoms with Crippen LogP contribution in [0.4, 0.5) is 10.8 Å². The number of hydrogen-bond donors (Lipinski definition) is 6. The van der Waals surface area contributed by atoms with Gasteiger partial charge in [0.05, 0.1) is 12.0 Å². The van der Waals surface area contributed by atoms with Gasteiger partial charge in [-0.25, -0.2) is 4.98 Å². The first kappa shape index (κ1) is 35.1. The van der Waals surface area contributed by atoms with Crippen molar-refractivity contribution in [1.29, 1.82) is 5.41 Å². The first-order valence-corrected chi connectivity index (χ1v) is 11.7. The lowest BCUT2D eigenvalue weighted by Crippen LogP contribution is -2.19. The highest BCUT2D eigenvalue weighted by Crippen LogP contribution is 2.17. The zero-order valence-electron chi connectivity index (χ0n) is 21.1. The predicted octanol–water partition coefficient (Wildman–Crippen LogP) is 2.94. The molecule has 2 aromatic rings. The lowest BCUT2D eigenvalue weighted by molar-refractivity contribution is -0.119. The third kappa shape index (κ3) is 24.8. The summed E-state index contributed by atoms with van der Waals surface area (Å²) in [7, 11) is 1.56. The Morgan fingerprint density at radius 1 is 1.12 bits per heavy atom. The molecule has 1 aromatic heterocycles. The van der Waals surface area contributed by atoms with Gasteiger partial charge in [-0.15, -0.1) is 11.3 Å². The molecular formula is C23H41N7O3S. The molecule has 3 amide bonds.